The molecule has 2 unspecified atom stereocenters. The van der Waals surface area contributed by atoms with E-state index in [2.05, 4.69) is 6.92 Å². The molecule has 2 N–H and O–H groups in total. The van der Waals surface area contributed by atoms with Crippen LogP contribution < -0.4 is 0 Å². The maximum Gasteiger partial charge on any atom is 0.0546 e. The average Bonchev–Trinajstić information content (AvgIpc) is 1.85. The largest absolute Gasteiger partial charge is 0.396 e. The average molecular weight is 144 g/mol. The zero-order valence-corrected chi connectivity index (χ0v) is 6.45. The first kappa shape index (κ1) is 8.02. The van der Waals surface area contributed by atoms with Gasteiger partial charge < -0.3 is 10.2 Å². The van der Waals surface area contributed by atoms with Gasteiger partial charge in [-0.25, -0.2) is 0 Å². The molecule has 0 bridgehead atoms. The Hall–Kier alpha value is -0.0800. The molecule has 0 aromatic heterocycles. The number of aliphatic hydroxyl groups excluding tert-OH is 2. The van der Waals surface area contributed by atoms with Gasteiger partial charge in [0.25, 0.3) is 0 Å². The lowest BCUT2D eigenvalue weighted by atomic mass is 9.81. The van der Waals surface area contributed by atoms with Gasteiger partial charge in [-0.15, -0.1) is 0 Å². The first-order valence-electron chi connectivity index (χ1n) is 4.01. The van der Waals surface area contributed by atoms with Crippen molar-refractivity contribution in [2.45, 2.75) is 32.3 Å². The van der Waals surface area contributed by atoms with Gasteiger partial charge in [0.15, 0.2) is 0 Å². The third-order valence-electron chi connectivity index (χ3n) is 2.27. The minimum Gasteiger partial charge on any atom is -0.396 e. The molecular formula is C8H16O2. The van der Waals surface area contributed by atoms with Crippen LogP contribution in [0.5, 0.6) is 0 Å². The van der Waals surface area contributed by atoms with Crippen LogP contribution in [-0.2, 0) is 0 Å². The first-order valence-corrected chi connectivity index (χ1v) is 4.01. The van der Waals surface area contributed by atoms with Gasteiger partial charge in [0, 0.05) is 6.61 Å². The van der Waals surface area contributed by atoms with E-state index in [1.807, 2.05) is 0 Å². The van der Waals surface area contributed by atoms with Crippen LogP contribution in [-0.4, -0.2) is 22.9 Å². The fourth-order valence-electron chi connectivity index (χ4n) is 1.86. The van der Waals surface area contributed by atoms with E-state index in [0.717, 1.165) is 19.3 Å². The summed E-state index contributed by atoms with van der Waals surface area (Å²) in [6, 6.07) is 0. The van der Waals surface area contributed by atoms with Crippen molar-refractivity contribution >= 4 is 0 Å². The normalized spacial score (nSPS) is 41.7. The summed E-state index contributed by atoms with van der Waals surface area (Å²) in [6.45, 7) is 2.37. The molecule has 1 saturated carbocycles. The van der Waals surface area contributed by atoms with Gasteiger partial charge in [0.1, 0.15) is 0 Å². The number of aliphatic hydroxyl groups is 2. The Morgan fingerprint density at radius 1 is 1.30 bits per heavy atom. The summed E-state index contributed by atoms with van der Waals surface area (Å²) >= 11 is 0. The van der Waals surface area contributed by atoms with Crippen LogP contribution >= 0.6 is 0 Å². The Morgan fingerprint density at radius 3 is 2.50 bits per heavy atom. The minimum absolute atomic E-state index is 0.166. The smallest absolute Gasteiger partial charge is 0.0546 e. The van der Waals surface area contributed by atoms with Gasteiger partial charge in [0.05, 0.1) is 6.10 Å². The monoisotopic (exact) mass is 144 g/mol. The van der Waals surface area contributed by atoms with E-state index >= 15 is 0 Å². The molecular weight excluding hydrogens is 128 g/mol. The zero-order chi connectivity index (χ0) is 7.56. The maximum absolute atomic E-state index is 9.27. The molecule has 1 aliphatic rings. The Balaban J connectivity index is 2.35. The minimum atomic E-state index is -0.166. The van der Waals surface area contributed by atoms with Gasteiger partial charge in [-0.2, -0.15) is 0 Å². The summed E-state index contributed by atoms with van der Waals surface area (Å²) in [7, 11) is 0. The number of hydrogen-bond donors (Lipinski definition) is 2. The van der Waals surface area contributed by atoms with E-state index in [1.54, 1.807) is 0 Å². The molecule has 0 aromatic rings. The van der Waals surface area contributed by atoms with E-state index in [-0.39, 0.29) is 12.7 Å². The first-order chi connectivity index (χ1) is 4.72. The highest BCUT2D eigenvalue weighted by molar-refractivity contribution is 4.75. The van der Waals surface area contributed by atoms with Crippen molar-refractivity contribution in [3.63, 3.8) is 0 Å². The van der Waals surface area contributed by atoms with Crippen molar-refractivity contribution in [2.24, 2.45) is 11.8 Å². The molecule has 60 valence electrons. The third-order valence-corrected chi connectivity index (χ3v) is 2.27. The summed E-state index contributed by atoms with van der Waals surface area (Å²) in [5, 5.41) is 18.1. The van der Waals surface area contributed by atoms with Gasteiger partial charge >= 0.3 is 0 Å². The molecule has 10 heavy (non-hydrogen) atoms. The maximum atomic E-state index is 9.27. The summed E-state index contributed by atoms with van der Waals surface area (Å²) < 4.78 is 0. The van der Waals surface area contributed by atoms with Gasteiger partial charge in [0.2, 0.25) is 0 Å². The third kappa shape index (κ3) is 1.96. The van der Waals surface area contributed by atoms with Crippen LogP contribution in [0.25, 0.3) is 0 Å². The van der Waals surface area contributed by atoms with Crippen molar-refractivity contribution in [2.75, 3.05) is 6.61 Å². The fourth-order valence-corrected chi connectivity index (χ4v) is 1.86. The number of hydrogen-bond acceptors (Lipinski definition) is 2. The van der Waals surface area contributed by atoms with Crippen LogP contribution in [0.3, 0.4) is 0 Å². The van der Waals surface area contributed by atoms with Crippen molar-refractivity contribution in [1.29, 1.82) is 0 Å². The molecule has 2 heteroatoms. The van der Waals surface area contributed by atoms with E-state index in [1.165, 1.54) is 0 Å². The quantitative estimate of drug-likeness (QED) is 0.571. The molecule has 0 aliphatic heterocycles. The Bertz CT molecular complexity index is 93.4. The van der Waals surface area contributed by atoms with Gasteiger partial charge in [-0.1, -0.05) is 6.92 Å². The van der Waals surface area contributed by atoms with E-state index in [0.29, 0.717) is 11.8 Å². The second-order valence-corrected chi connectivity index (χ2v) is 3.51. The van der Waals surface area contributed by atoms with Crippen molar-refractivity contribution in [3.05, 3.63) is 0 Å². The number of rotatable bonds is 1. The van der Waals surface area contributed by atoms with Crippen molar-refractivity contribution in [1.82, 2.24) is 0 Å². The lowest BCUT2D eigenvalue weighted by molar-refractivity contribution is 0.0520. The van der Waals surface area contributed by atoms with Crippen LogP contribution in [0.1, 0.15) is 26.2 Å². The second kappa shape index (κ2) is 3.35. The van der Waals surface area contributed by atoms with Crippen LogP contribution in [0.4, 0.5) is 0 Å². The lowest BCUT2D eigenvalue weighted by Crippen LogP contribution is -2.26. The highest BCUT2D eigenvalue weighted by Gasteiger charge is 2.23. The summed E-state index contributed by atoms with van der Waals surface area (Å²) in [5.74, 6) is 0.930. The van der Waals surface area contributed by atoms with Crippen LogP contribution in [0.15, 0.2) is 0 Å². The molecule has 0 amide bonds. The second-order valence-electron chi connectivity index (χ2n) is 3.51. The molecule has 0 aromatic carbocycles. The van der Waals surface area contributed by atoms with E-state index in [9.17, 15) is 5.11 Å². The molecule has 1 fully saturated rings. The highest BCUT2D eigenvalue weighted by atomic mass is 16.3. The van der Waals surface area contributed by atoms with Gasteiger partial charge in [-0.3, -0.25) is 0 Å². The highest BCUT2D eigenvalue weighted by Crippen LogP contribution is 2.28. The molecule has 1 rings (SSSR count). The molecule has 0 spiro atoms. The predicted molar refractivity (Wildman–Crippen MR) is 39.6 cm³/mol. The standard InChI is InChI=1S/C8H16O2/c1-6-2-7(5-9)4-8(10)3-6/h6-10H,2-5H2,1H3/t6?,7-,8?/m0/s1. The molecule has 0 saturated heterocycles. The topological polar surface area (TPSA) is 40.5 Å². The van der Waals surface area contributed by atoms with Crippen LogP contribution in [0, 0.1) is 11.8 Å². The fraction of sp³-hybridized carbons (Fsp3) is 1.00. The van der Waals surface area contributed by atoms with E-state index in [4.69, 9.17) is 5.11 Å². The Kier molecular flexibility index (Phi) is 2.69. The molecule has 1 aliphatic carbocycles. The van der Waals surface area contributed by atoms with Crippen molar-refractivity contribution < 1.29 is 10.2 Å². The molecule has 0 radical (unpaired) electrons. The molecule has 3 atom stereocenters. The van der Waals surface area contributed by atoms with E-state index < -0.39 is 0 Å². The van der Waals surface area contributed by atoms with Crippen molar-refractivity contribution in [3.8, 4) is 0 Å². The van der Waals surface area contributed by atoms with Crippen LogP contribution in [0.2, 0.25) is 0 Å². The SMILES string of the molecule is CC1CC(O)C[C@@H](CO)C1. The lowest BCUT2D eigenvalue weighted by Gasteiger charge is -2.28. The van der Waals surface area contributed by atoms with Gasteiger partial charge in [-0.05, 0) is 31.1 Å². The Morgan fingerprint density at radius 2 is 2.00 bits per heavy atom. The summed E-state index contributed by atoms with van der Waals surface area (Å²) in [5.41, 5.74) is 0. The summed E-state index contributed by atoms with van der Waals surface area (Å²) in [4.78, 5) is 0. The predicted octanol–water partition coefficient (Wildman–Crippen LogP) is 0.776. The zero-order valence-electron chi connectivity index (χ0n) is 6.45. The summed E-state index contributed by atoms with van der Waals surface area (Å²) in [6.07, 6.45) is 2.62. The Labute approximate surface area is 61.9 Å². The molecule has 0 heterocycles. The molecule has 2 nitrogen and oxygen atoms in total.